The first kappa shape index (κ1) is 22.4. The molecule has 0 bridgehead atoms. The van der Waals surface area contributed by atoms with Crippen LogP contribution in [0.5, 0.6) is 0 Å². The van der Waals surface area contributed by atoms with Gasteiger partial charge in [0.25, 0.3) is 0 Å². The third-order valence-electron chi connectivity index (χ3n) is 5.66. The van der Waals surface area contributed by atoms with Gasteiger partial charge in [-0.2, -0.15) is 4.98 Å². The van der Waals surface area contributed by atoms with Crippen molar-refractivity contribution >= 4 is 23.2 Å². The lowest BCUT2D eigenvalue weighted by atomic mass is 10.1. The van der Waals surface area contributed by atoms with Crippen LogP contribution in [0.1, 0.15) is 18.4 Å². The number of halogens is 2. The Balaban J connectivity index is 1.29. The van der Waals surface area contributed by atoms with Crippen molar-refractivity contribution in [2.75, 3.05) is 31.5 Å². The molecule has 1 amide bonds. The van der Waals surface area contributed by atoms with E-state index in [0.717, 1.165) is 18.7 Å². The van der Waals surface area contributed by atoms with Gasteiger partial charge >= 0.3 is 0 Å². The molecule has 7 nitrogen and oxygen atoms in total. The summed E-state index contributed by atoms with van der Waals surface area (Å²) in [4.78, 5) is 21.4. The number of carbonyl (C=O) groups is 1. The van der Waals surface area contributed by atoms with Gasteiger partial charge in [-0.15, -0.1) is 0 Å². The number of nitrogens with one attached hydrogen (secondary N) is 1. The highest BCUT2D eigenvalue weighted by atomic mass is 35.5. The standard InChI is InChI=1S/C23H25ClFN5O2/c1-15-3-5-17(6-4-15)22-27-21(32-28-22)14-29-9-11-30(12-10-29)16(2)23(31)26-20-13-18(24)7-8-19(20)25/h3-8,13,16H,9-12,14H2,1-2H3,(H,26,31). The molecule has 1 aliphatic heterocycles. The van der Waals surface area contributed by atoms with Gasteiger partial charge in [-0.25, -0.2) is 4.39 Å². The number of aromatic nitrogens is 2. The predicted molar refractivity (Wildman–Crippen MR) is 121 cm³/mol. The average Bonchev–Trinajstić information content (AvgIpc) is 3.25. The van der Waals surface area contributed by atoms with E-state index in [1.54, 1.807) is 0 Å². The van der Waals surface area contributed by atoms with Crippen LogP contribution in [0.15, 0.2) is 47.0 Å². The Morgan fingerprint density at radius 1 is 1.19 bits per heavy atom. The predicted octanol–water partition coefficient (Wildman–Crippen LogP) is 3.98. The second-order valence-corrected chi connectivity index (χ2v) is 8.42. The quantitative estimate of drug-likeness (QED) is 0.603. The Bertz CT molecular complexity index is 1080. The van der Waals surface area contributed by atoms with E-state index in [0.29, 0.717) is 36.4 Å². The minimum atomic E-state index is -0.510. The SMILES string of the molecule is Cc1ccc(-c2noc(CN3CCN(C(C)C(=O)Nc4cc(Cl)ccc4F)CC3)n2)cc1. The molecule has 32 heavy (non-hydrogen) atoms. The first-order valence-corrected chi connectivity index (χ1v) is 10.9. The van der Waals surface area contributed by atoms with Gasteiger partial charge in [0.1, 0.15) is 5.82 Å². The number of hydrogen-bond acceptors (Lipinski definition) is 6. The Morgan fingerprint density at radius 2 is 1.91 bits per heavy atom. The summed E-state index contributed by atoms with van der Waals surface area (Å²) in [6.07, 6.45) is 0. The van der Waals surface area contributed by atoms with Crippen LogP contribution in [0, 0.1) is 12.7 Å². The summed E-state index contributed by atoms with van der Waals surface area (Å²) in [5.41, 5.74) is 2.19. The highest BCUT2D eigenvalue weighted by Gasteiger charge is 2.27. The Kier molecular flexibility index (Phi) is 6.83. The van der Waals surface area contributed by atoms with Gasteiger partial charge < -0.3 is 9.84 Å². The zero-order valence-electron chi connectivity index (χ0n) is 18.0. The van der Waals surface area contributed by atoms with Crippen LogP contribution in [0.25, 0.3) is 11.4 Å². The zero-order chi connectivity index (χ0) is 22.7. The van der Waals surface area contributed by atoms with Gasteiger partial charge in [-0.1, -0.05) is 46.6 Å². The maximum absolute atomic E-state index is 13.9. The number of hydrogen-bond donors (Lipinski definition) is 1. The second-order valence-electron chi connectivity index (χ2n) is 7.98. The Labute approximate surface area is 191 Å². The number of rotatable bonds is 6. The van der Waals surface area contributed by atoms with Crippen molar-refractivity contribution in [3.8, 4) is 11.4 Å². The average molecular weight is 458 g/mol. The largest absolute Gasteiger partial charge is 0.338 e. The van der Waals surface area contributed by atoms with Gasteiger partial charge in [0, 0.05) is 36.8 Å². The van der Waals surface area contributed by atoms with E-state index in [9.17, 15) is 9.18 Å². The van der Waals surface area contributed by atoms with Crippen molar-refractivity contribution in [3.63, 3.8) is 0 Å². The molecule has 2 heterocycles. The summed E-state index contributed by atoms with van der Waals surface area (Å²) >= 11 is 5.90. The minimum absolute atomic E-state index is 0.0914. The van der Waals surface area contributed by atoms with Crippen molar-refractivity contribution in [2.24, 2.45) is 0 Å². The van der Waals surface area contributed by atoms with Crippen molar-refractivity contribution in [1.29, 1.82) is 0 Å². The maximum Gasteiger partial charge on any atom is 0.241 e. The summed E-state index contributed by atoms with van der Waals surface area (Å²) in [6.45, 7) is 7.32. The minimum Gasteiger partial charge on any atom is -0.338 e. The maximum atomic E-state index is 13.9. The summed E-state index contributed by atoms with van der Waals surface area (Å²) in [5, 5.41) is 7.09. The van der Waals surface area contributed by atoms with Crippen molar-refractivity contribution in [2.45, 2.75) is 26.4 Å². The smallest absolute Gasteiger partial charge is 0.241 e. The number of carbonyl (C=O) groups excluding carboxylic acids is 1. The topological polar surface area (TPSA) is 74.5 Å². The fourth-order valence-corrected chi connectivity index (χ4v) is 3.81. The fraction of sp³-hybridized carbons (Fsp3) is 0.348. The first-order chi connectivity index (χ1) is 15.4. The molecule has 1 aromatic heterocycles. The van der Waals surface area contributed by atoms with E-state index in [-0.39, 0.29) is 11.6 Å². The van der Waals surface area contributed by atoms with Crippen LogP contribution in [-0.2, 0) is 11.3 Å². The third kappa shape index (κ3) is 5.32. The molecule has 2 aromatic carbocycles. The summed E-state index contributed by atoms with van der Waals surface area (Å²) in [6, 6.07) is 11.7. The fourth-order valence-electron chi connectivity index (χ4n) is 3.64. The van der Waals surface area contributed by atoms with Crippen molar-refractivity contribution < 1.29 is 13.7 Å². The lowest BCUT2D eigenvalue weighted by molar-refractivity contribution is -0.121. The van der Waals surface area contributed by atoms with Crippen molar-refractivity contribution in [1.82, 2.24) is 19.9 Å². The molecule has 3 aromatic rings. The van der Waals surface area contributed by atoms with Crippen LogP contribution in [0.3, 0.4) is 0 Å². The molecule has 0 spiro atoms. The lowest BCUT2D eigenvalue weighted by Crippen LogP contribution is -2.52. The molecule has 1 unspecified atom stereocenters. The van der Waals surface area contributed by atoms with Gasteiger partial charge in [0.05, 0.1) is 18.3 Å². The lowest BCUT2D eigenvalue weighted by Gasteiger charge is -2.36. The molecule has 1 saturated heterocycles. The number of amides is 1. The first-order valence-electron chi connectivity index (χ1n) is 10.5. The zero-order valence-corrected chi connectivity index (χ0v) is 18.8. The summed E-state index contributed by atoms with van der Waals surface area (Å²) < 4.78 is 19.3. The molecule has 0 aliphatic carbocycles. The number of anilines is 1. The van der Waals surface area contributed by atoms with E-state index in [1.165, 1.54) is 23.8 Å². The van der Waals surface area contributed by atoms with E-state index >= 15 is 0 Å². The molecule has 168 valence electrons. The molecular weight excluding hydrogens is 433 g/mol. The molecule has 1 fully saturated rings. The molecule has 0 radical (unpaired) electrons. The van der Waals surface area contributed by atoms with Gasteiger partial charge in [-0.3, -0.25) is 14.6 Å². The van der Waals surface area contributed by atoms with Gasteiger partial charge in [0.2, 0.25) is 17.6 Å². The molecule has 1 N–H and O–H groups in total. The van der Waals surface area contributed by atoms with E-state index in [1.807, 2.05) is 38.1 Å². The molecule has 1 atom stereocenters. The van der Waals surface area contributed by atoms with Crippen LogP contribution in [0.2, 0.25) is 5.02 Å². The number of aryl methyl sites for hydroxylation is 1. The van der Waals surface area contributed by atoms with E-state index < -0.39 is 11.9 Å². The molecule has 4 rings (SSSR count). The van der Waals surface area contributed by atoms with Crippen LogP contribution in [-0.4, -0.2) is 58.1 Å². The van der Waals surface area contributed by atoms with E-state index in [2.05, 4.69) is 25.3 Å². The van der Waals surface area contributed by atoms with Crippen LogP contribution < -0.4 is 5.32 Å². The molecule has 1 aliphatic rings. The van der Waals surface area contributed by atoms with Crippen LogP contribution in [0.4, 0.5) is 10.1 Å². The Morgan fingerprint density at radius 3 is 2.62 bits per heavy atom. The van der Waals surface area contributed by atoms with Crippen molar-refractivity contribution in [3.05, 3.63) is 64.8 Å². The normalized spacial score (nSPS) is 16.1. The number of piperazine rings is 1. The summed E-state index contributed by atoms with van der Waals surface area (Å²) in [5.74, 6) is 0.372. The van der Waals surface area contributed by atoms with Gasteiger partial charge in [-0.05, 0) is 32.0 Å². The highest BCUT2D eigenvalue weighted by molar-refractivity contribution is 6.30. The molecule has 0 saturated carbocycles. The third-order valence-corrected chi connectivity index (χ3v) is 5.89. The summed E-state index contributed by atoms with van der Waals surface area (Å²) in [7, 11) is 0. The monoisotopic (exact) mass is 457 g/mol. The molecular formula is C23H25ClFN5O2. The van der Waals surface area contributed by atoms with Gasteiger partial charge in [0.15, 0.2) is 0 Å². The second kappa shape index (κ2) is 9.77. The molecule has 9 heteroatoms. The number of benzene rings is 2. The van der Waals surface area contributed by atoms with Crippen LogP contribution >= 0.6 is 11.6 Å². The Hall–Kier alpha value is -2.81. The van der Waals surface area contributed by atoms with E-state index in [4.69, 9.17) is 16.1 Å². The number of nitrogens with zero attached hydrogens (tertiary/aromatic N) is 4. The highest BCUT2D eigenvalue weighted by Crippen LogP contribution is 2.21.